The second kappa shape index (κ2) is 17.5. The first kappa shape index (κ1) is 40.3. The van der Waals surface area contributed by atoms with E-state index < -0.39 is 27.9 Å². The van der Waals surface area contributed by atoms with Crippen LogP contribution in [0.15, 0.2) is 84.9 Å². The molecule has 2 fully saturated rings. The average Bonchev–Trinajstić information content (AvgIpc) is 3.14. The van der Waals surface area contributed by atoms with Gasteiger partial charge in [0.2, 0.25) is 15.9 Å². The van der Waals surface area contributed by atoms with Crippen LogP contribution in [0.5, 0.6) is 11.6 Å². The number of hydrogen-bond acceptors (Lipinski definition) is 9. The third-order valence-corrected chi connectivity index (χ3v) is 10.6. The summed E-state index contributed by atoms with van der Waals surface area (Å²) in [5, 5.41) is 15.7. The number of hydrogen-bond donors (Lipinski definition) is 2. The minimum absolute atomic E-state index is 0. The highest BCUT2D eigenvalue weighted by Crippen LogP contribution is 2.34. The van der Waals surface area contributed by atoms with Crippen molar-refractivity contribution < 1.29 is 41.0 Å². The molecule has 1 aromatic heterocycles. The van der Waals surface area contributed by atoms with E-state index in [0.29, 0.717) is 86.9 Å². The number of carboxylic acid groups (broad SMARTS) is 1. The molecule has 0 bridgehead atoms. The van der Waals surface area contributed by atoms with Crippen molar-refractivity contribution in [3.8, 4) is 11.6 Å². The van der Waals surface area contributed by atoms with E-state index in [4.69, 9.17) is 9.84 Å². The highest BCUT2D eigenvalue weighted by Gasteiger charge is 2.33. The van der Waals surface area contributed by atoms with Crippen LogP contribution in [0.3, 0.4) is 0 Å². The number of benzene rings is 3. The van der Waals surface area contributed by atoms with Gasteiger partial charge in [0.25, 0.3) is 5.91 Å². The van der Waals surface area contributed by atoms with Crippen LogP contribution in [-0.2, 0) is 26.7 Å². The van der Waals surface area contributed by atoms with Crippen molar-refractivity contribution in [1.29, 1.82) is 0 Å². The van der Waals surface area contributed by atoms with Crippen LogP contribution < -0.4 is 14.4 Å². The molecule has 3 aromatic carbocycles. The van der Waals surface area contributed by atoms with Crippen LogP contribution in [0.1, 0.15) is 52.4 Å². The number of anilines is 2. The Labute approximate surface area is 317 Å². The van der Waals surface area contributed by atoms with Gasteiger partial charge >= 0.3 is 12.1 Å². The van der Waals surface area contributed by atoms with E-state index in [1.165, 1.54) is 0 Å². The molecule has 2 N–H and O–H groups in total. The normalized spacial score (nSPS) is 15.7. The quantitative estimate of drug-likeness (QED) is 0.169. The summed E-state index contributed by atoms with van der Waals surface area (Å²) in [5.41, 5.74) is 1.87. The smallest absolute Gasteiger partial charge is 0.435 e. The zero-order valence-corrected chi connectivity index (χ0v) is 30.7. The SMILES string of the molecule is Cl.O=C(O)CCN1CCN(c2ccc(C(=O)N3CCC(c4ccc(Oc5ccc(C(F)(F)F)nn5)cc4)CC3)cc2NS(=O)(=O)Cc2ccccc2)CC1. The van der Waals surface area contributed by atoms with Crippen molar-refractivity contribution in [1.82, 2.24) is 20.0 Å². The molecule has 1 amide bonds. The molecule has 12 nitrogen and oxygen atoms in total. The Morgan fingerprint density at radius 1 is 0.870 bits per heavy atom. The molecule has 0 atom stereocenters. The van der Waals surface area contributed by atoms with Gasteiger partial charge in [-0.1, -0.05) is 42.5 Å². The second-order valence-corrected chi connectivity index (χ2v) is 14.8. The number of amides is 1. The van der Waals surface area contributed by atoms with Crippen molar-refractivity contribution in [2.45, 2.75) is 37.1 Å². The number of rotatable bonds is 12. The predicted molar refractivity (Wildman–Crippen MR) is 199 cm³/mol. The van der Waals surface area contributed by atoms with Crippen LogP contribution in [-0.4, -0.2) is 91.2 Å². The van der Waals surface area contributed by atoms with Gasteiger partial charge in [-0.2, -0.15) is 13.2 Å². The molecule has 54 heavy (non-hydrogen) atoms. The standard InChI is InChI=1S/C37H39F3N6O6S.ClH/c38-37(39,40)33-12-13-34(42-41-33)52-30-9-6-27(7-10-30)28-14-18-46(19-15-28)36(49)29-8-11-32(45-22-20-44(21-23-45)17-16-35(47)48)31(24-29)43-53(50,51)25-26-4-2-1-3-5-26;/h1-13,24,28,43H,14-23,25H2,(H,47,48);1H. The number of alkyl halides is 3. The third kappa shape index (κ3) is 10.6. The topological polar surface area (TPSA) is 145 Å². The number of nitrogens with one attached hydrogen (secondary N) is 1. The summed E-state index contributed by atoms with van der Waals surface area (Å²) >= 11 is 0. The molecular formula is C37H40ClF3N6O6S. The summed E-state index contributed by atoms with van der Waals surface area (Å²) in [6.45, 7) is 3.75. The summed E-state index contributed by atoms with van der Waals surface area (Å²) in [5.74, 6) is -0.806. The fourth-order valence-electron chi connectivity index (χ4n) is 6.54. The molecule has 0 aliphatic carbocycles. The number of ether oxygens (including phenoxy) is 1. The Kier molecular flexibility index (Phi) is 13.0. The Bertz CT molecular complexity index is 1990. The average molecular weight is 789 g/mol. The van der Waals surface area contributed by atoms with Crippen molar-refractivity contribution in [2.75, 3.05) is 55.4 Å². The molecule has 288 valence electrons. The third-order valence-electron chi connectivity index (χ3n) is 9.35. The first-order valence-corrected chi connectivity index (χ1v) is 18.8. The fraction of sp³-hybridized carbons (Fsp3) is 0.351. The lowest BCUT2D eigenvalue weighted by Gasteiger charge is -2.37. The summed E-state index contributed by atoms with van der Waals surface area (Å²) in [6, 6.07) is 23.0. The molecule has 0 radical (unpaired) electrons. The number of sulfonamides is 1. The molecule has 2 saturated heterocycles. The molecule has 0 saturated carbocycles. The molecule has 3 heterocycles. The van der Waals surface area contributed by atoms with E-state index in [1.807, 2.05) is 23.1 Å². The van der Waals surface area contributed by atoms with Crippen molar-refractivity contribution in [3.63, 3.8) is 0 Å². The number of piperazine rings is 1. The summed E-state index contributed by atoms with van der Waals surface area (Å²) < 4.78 is 73.4. The molecular weight excluding hydrogens is 749 g/mol. The monoisotopic (exact) mass is 788 g/mol. The lowest BCUT2D eigenvalue weighted by Crippen LogP contribution is -2.47. The molecule has 2 aliphatic heterocycles. The summed E-state index contributed by atoms with van der Waals surface area (Å²) in [7, 11) is -3.84. The van der Waals surface area contributed by atoms with Crippen molar-refractivity contribution >= 4 is 45.7 Å². The van der Waals surface area contributed by atoms with Gasteiger partial charge in [-0.3, -0.25) is 19.2 Å². The molecule has 6 rings (SSSR count). The first-order chi connectivity index (χ1) is 25.3. The van der Waals surface area contributed by atoms with E-state index >= 15 is 0 Å². The Morgan fingerprint density at radius 2 is 1.56 bits per heavy atom. The van der Waals surface area contributed by atoms with E-state index in [2.05, 4.69) is 19.8 Å². The van der Waals surface area contributed by atoms with E-state index in [1.54, 1.807) is 59.5 Å². The second-order valence-electron chi connectivity index (χ2n) is 13.0. The van der Waals surface area contributed by atoms with E-state index in [0.717, 1.165) is 17.7 Å². The number of aliphatic carboxylic acids is 1. The predicted octanol–water partition coefficient (Wildman–Crippen LogP) is 6.27. The van der Waals surface area contributed by atoms with Crippen LogP contribution in [0.2, 0.25) is 0 Å². The fourth-order valence-corrected chi connectivity index (χ4v) is 7.74. The summed E-state index contributed by atoms with van der Waals surface area (Å²) in [4.78, 5) is 30.7. The Hall–Kier alpha value is -4.93. The van der Waals surface area contributed by atoms with Crippen molar-refractivity contribution in [3.05, 3.63) is 107 Å². The van der Waals surface area contributed by atoms with Gasteiger partial charge in [0.05, 0.1) is 23.5 Å². The number of halogens is 4. The lowest BCUT2D eigenvalue weighted by molar-refractivity contribution is -0.142. The molecule has 0 spiro atoms. The highest BCUT2D eigenvalue weighted by atomic mass is 35.5. The van der Waals surface area contributed by atoms with Gasteiger partial charge in [-0.05, 0) is 66.3 Å². The van der Waals surface area contributed by atoms with E-state index in [-0.39, 0.29) is 42.3 Å². The Balaban J connectivity index is 0.00000561. The first-order valence-electron chi connectivity index (χ1n) is 17.2. The molecule has 4 aromatic rings. The number of aromatic nitrogens is 2. The maximum Gasteiger partial charge on any atom is 0.435 e. The largest absolute Gasteiger partial charge is 0.481 e. The number of likely N-dealkylation sites (tertiary alicyclic amines) is 1. The van der Waals surface area contributed by atoms with Gasteiger partial charge < -0.3 is 19.6 Å². The van der Waals surface area contributed by atoms with Crippen LogP contribution in [0, 0.1) is 0 Å². The van der Waals surface area contributed by atoms with E-state index in [9.17, 15) is 31.2 Å². The van der Waals surface area contributed by atoms with Gasteiger partial charge in [-0.25, -0.2) is 8.42 Å². The number of piperidine rings is 1. The van der Waals surface area contributed by atoms with Gasteiger partial charge in [0.15, 0.2) is 5.69 Å². The molecule has 0 unspecified atom stereocenters. The Morgan fingerprint density at radius 3 is 2.17 bits per heavy atom. The summed E-state index contributed by atoms with van der Waals surface area (Å²) in [6.07, 6.45) is -3.16. The number of carbonyl (C=O) groups excluding carboxylic acids is 1. The van der Waals surface area contributed by atoms with Gasteiger partial charge in [0.1, 0.15) is 5.75 Å². The van der Waals surface area contributed by atoms with Gasteiger partial charge in [0, 0.05) is 57.4 Å². The minimum atomic E-state index is -4.59. The molecule has 17 heteroatoms. The van der Waals surface area contributed by atoms with Crippen LogP contribution in [0.4, 0.5) is 24.5 Å². The maximum absolute atomic E-state index is 13.8. The zero-order chi connectivity index (χ0) is 37.6. The maximum atomic E-state index is 13.8. The van der Waals surface area contributed by atoms with Crippen LogP contribution >= 0.6 is 12.4 Å². The molecule has 2 aliphatic rings. The number of nitrogens with zero attached hydrogens (tertiary/aromatic N) is 5. The van der Waals surface area contributed by atoms with Crippen molar-refractivity contribution in [2.24, 2.45) is 0 Å². The lowest BCUT2D eigenvalue weighted by atomic mass is 9.89. The number of carbonyl (C=O) groups is 2. The highest BCUT2D eigenvalue weighted by molar-refractivity contribution is 7.91. The zero-order valence-electron chi connectivity index (χ0n) is 29.1. The van der Waals surface area contributed by atoms with Crippen LogP contribution in [0.25, 0.3) is 0 Å². The van der Waals surface area contributed by atoms with Gasteiger partial charge in [-0.15, -0.1) is 22.6 Å². The minimum Gasteiger partial charge on any atom is -0.481 e. The number of carboxylic acids is 1.